The number of carbonyl (C=O) groups is 2. The molecule has 2 rings (SSSR count). The summed E-state index contributed by atoms with van der Waals surface area (Å²) in [6, 6.07) is 17.2. The number of amides is 3. The topological polar surface area (TPSA) is 81.7 Å². The molecule has 2 aromatic rings. The van der Waals surface area contributed by atoms with Crippen LogP contribution in [0.5, 0.6) is 0 Å². The second kappa shape index (κ2) is 7.06. The summed E-state index contributed by atoms with van der Waals surface area (Å²) in [4.78, 5) is 24.9. The molecule has 0 atom stereocenters. The lowest BCUT2D eigenvalue weighted by atomic mass is 10.3. The van der Waals surface area contributed by atoms with Crippen LogP contribution in [0.15, 0.2) is 60.7 Å². The molecule has 3 amide bonds. The van der Waals surface area contributed by atoms with E-state index in [9.17, 15) is 9.59 Å². The lowest BCUT2D eigenvalue weighted by molar-refractivity contribution is -0.127. The summed E-state index contributed by atoms with van der Waals surface area (Å²) in [5.41, 5.74) is 2.69. The monoisotopic (exact) mass is 285 g/mol. The molecule has 6 nitrogen and oxygen atoms in total. The van der Waals surface area contributed by atoms with Crippen LogP contribution in [0, 0.1) is 0 Å². The lowest BCUT2D eigenvalue weighted by Crippen LogP contribution is -2.42. The zero-order valence-corrected chi connectivity index (χ0v) is 11.2. The van der Waals surface area contributed by atoms with E-state index in [4.69, 9.17) is 5.21 Å². The van der Waals surface area contributed by atoms with Gasteiger partial charge in [-0.05, 0) is 24.3 Å². The largest absolute Gasteiger partial charge is 0.326 e. The van der Waals surface area contributed by atoms with Gasteiger partial charge < -0.3 is 5.32 Å². The number of hydrogen-bond donors (Lipinski definition) is 3. The van der Waals surface area contributed by atoms with Crippen molar-refractivity contribution in [2.24, 2.45) is 0 Å². The molecule has 0 unspecified atom stereocenters. The molecule has 0 aliphatic rings. The maximum atomic E-state index is 12.3. The van der Waals surface area contributed by atoms with Crippen LogP contribution in [0.1, 0.15) is 0 Å². The average molecular weight is 285 g/mol. The zero-order valence-electron chi connectivity index (χ0n) is 11.2. The molecule has 2 aromatic carbocycles. The molecule has 3 N–H and O–H groups in total. The number of urea groups is 1. The molecule has 0 saturated heterocycles. The first-order valence-electron chi connectivity index (χ1n) is 6.32. The van der Waals surface area contributed by atoms with Gasteiger partial charge in [-0.2, -0.15) is 0 Å². The van der Waals surface area contributed by atoms with Crippen molar-refractivity contribution in [2.45, 2.75) is 0 Å². The fourth-order valence-corrected chi connectivity index (χ4v) is 1.78. The number of hydrogen-bond acceptors (Lipinski definition) is 3. The minimum Gasteiger partial charge on any atom is -0.308 e. The molecular formula is C15H15N3O3. The molecular weight excluding hydrogens is 270 g/mol. The smallest absolute Gasteiger partial charge is 0.308 e. The van der Waals surface area contributed by atoms with E-state index in [0.29, 0.717) is 11.4 Å². The highest BCUT2D eigenvalue weighted by atomic mass is 16.5. The van der Waals surface area contributed by atoms with Crippen LogP contribution >= 0.6 is 0 Å². The summed E-state index contributed by atoms with van der Waals surface area (Å²) in [5, 5.41) is 11.3. The molecule has 0 aromatic heterocycles. The van der Waals surface area contributed by atoms with Crippen LogP contribution in [-0.2, 0) is 4.79 Å². The van der Waals surface area contributed by atoms with E-state index in [0.717, 1.165) is 0 Å². The Bertz CT molecular complexity index is 602. The van der Waals surface area contributed by atoms with E-state index in [1.54, 1.807) is 48.5 Å². The van der Waals surface area contributed by atoms with E-state index in [1.165, 1.54) is 10.4 Å². The summed E-state index contributed by atoms with van der Waals surface area (Å²) < 4.78 is 0. The standard InChI is InChI=1S/C15H15N3O3/c19-14(17-21)11-18(13-9-5-2-6-10-13)15(20)16-12-7-3-1-4-8-12/h1-10,21H,11H2,(H,16,20)(H,17,19). The highest BCUT2D eigenvalue weighted by Crippen LogP contribution is 2.15. The number of rotatable bonds is 4. The average Bonchev–Trinajstić information content (AvgIpc) is 2.54. The summed E-state index contributed by atoms with van der Waals surface area (Å²) in [6.45, 7) is -0.292. The molecule has 0 radical (unpaired) electrons. The van der Waals surface area contributed by atoms with Gasteiger partial charge in [-0.15, -0.1) is 0 Å². The van der Waals surface area contributed by atoms with E-state index >= 15 is 0 Å². The maximum absolute atomic E-state index is 12.3. The highest BCUT2D eigenvalue weighted by Gasteiger charge is 2.18. The summed E-state index contributed by atoms with van der Waals surface area (Å²) in [5.74, 6) is -0.679. The Hall–Kier alpha value is -2.86. The first-order chi connectivity index (χ1) is 10.2. The van der Waals surface area contributed by atoms with Gasteiger partial charge >= 0.3 is 6.03 Å². The second-order valence-electron chi connectivity index (χ2n) is 4.25. The van der Waals surface area contributed by atoms with Gasteiger partial charge in [0.05, 0.1) is 0 Å². The van der Waals surface area contributed by atoms with E-state index < -0.39 is 11.9 Å². The molecule has 108 valence electrons. The van der Waals surface area contributed by atoms with Gasteiger partial charge in [0.15, 0.2) is 0 Å². The minimum absolute atomic E-state index is 0.292. The van der Waals surface area contributed by atoms with Gasteiger partial charge in [0.25, 0.3) is 5.91 Å². The van der Waals surface area contributed by atoms with Crippen molar-refractivity contribution >= 4 is 23.3 Å². The van der Waals surface area contributed by atoms with Gasteiger partial charge in [-0.25, -0.2) is 10.3 Å². The van der Waals surface area contributed by atoms with E-state index in [-0.39, 0.29) is 6.54 Å². The third kappa shape index (κ3) is 4.05. The molecule has 0 bridgehead atoms. The van der Waals surface area contributed by atoms with Crippen LogP contribution in [0.25, 0.3) is 0 Å². The molecule has 21 heavy (non-hydrogen) atoms. The molecule has 6 heteroatoms. The number of para-hydroxylation sites is 2. The fourth-order valence-electron chi connectivity index (χ4n) is 1.78. The Balaban J connectivity index is 2.18. The van der Waals surface area contributed by atoms with E-state index in [1.807, 2.05) is 12.1 Å². The predicted molar refractivity (Wildman–Crippen MR) is 79.2 cm³/mol. The quantitative estimate of drug-likeness (QED) is 0.595. The molecule has 0 aliphatic heterocycles. The predicted octanol–water partition coefficient (Wildman–Crippen LogP) is 2.23. The molecule has 0 heterocycles. The first-order valence-corrected chi connectivity index (χ1v) is 6.32. The van der Waals surface area contributed by atoms with Gasteiger partial charge in [0.2, 0.25) is 0 Å². The van der Waals surface area contributed by atoms with Gasteiger partial charge in [-0.3, -0.25) is 14.9 Å². The molecule has 0 aliphatic carbocycles. The van der Waals surface area contributed by atoms with Crippen molar-refractivity contribution in [3.05, 3.63) is 60.7 Å². The lowest BCUT2D eigenvalue weighted by Gasteiger charge is -2.22. The number of nitrogens with one attached hydrogen (secondary N) is 2. The number of anilines is 2. The highest BCUT2D eigenvalue weighted by molar-refractivity contribution is 6.04. The normalized spacial score (nSPS) is 9.76. The Morgan fingerprint density at radius 3 is 2.10 bits per heavy atom. The van der Waals surface area contributed by atoms with Gasteiger partial charge in [-0.1, -0.05) is 36.4 Å². The third-order valence-electron chi connectivity index (χ3n) is 2.76. The van der Waals surface area contributed by atoms with Crippen LogP contribution in [0.3, 0.4) is 0 Å². The van der Waals surface area contributed by atoms with Crippen LogP contribution < -0.4 is 15.7 Å². The number of hydroxylamine groups is 1. The number of carbonyl (C=O) groups excluding carboxylic acids is 2. The van der Waals surface area contributed by atoms with Crippen LogP contribution in [-0.4, -0.2) is 23.7 Å². The number of nitrogens with zero attached hydrogens (tertiary/aromatic N) is 1. The van der Waals surface area contributed by atoms with Crippen LogP contribution in [0.4, 0.5) is 16.2 Å². The summed E-state index contributed by atoms with van der Waals surface area (Å²) in [7, 11) is 0. The van der Waals surface area contributed by atoms with Crippen molar-refractivity contribution in [1.82, 2.24) is 5.48 Å². The Morgan fingerprint density at radius 1 is 0.952 bits per heavy atom. The molecule has 0 fully saturated rings. The van der Waals surface area contributed by atoms with Crippen molar-refractivity contribution in [1.29, 1.82) is 0 Å². The van der Waals surface area contributed by atoms with Gasteiger partial charge in [0.1, 0.15) is 6.54 Å². The van der Waals surface area contributed by atoms with Crippen molar-refractivity contribution in [3.63, 3.8) is 0 Å². The fraction of sp³-hybridized carbons (Fsp3) is 0.0667. The SMILES string of the molecule is O=C(CN(C(=O)Nc1ccccc1)c1ccccc1)NO. The Morgan fingerprint density at radius 2 is 1.52 bits per heavy atom. The molecule has 0 spiro atoms. The van der Waals surface area contributed by atoms with Crippen molar-refractivity contribution in [3.8, 4) is 0 Å². The molecule has 0 saturated carbocycles. The second-order valence-corrected chi connectivity index (χ2v) is 4.25. The van der Waals surface area contributed by atoms with E-state index in [2.05, 4.69) is 5.32 Å². The summed E-state index contributed by atoms with van der Waals surface area (Å²) >= 11 is 0. The van der Waals surface area contributed by atoms with Crippen molar-refractivity contribution < 1.29 is 14.8 Å². The Labute approximate surface area is 122 Å². The van der Waals surface area contributed by atoms with Crippen LogP contribution in [0.2, 0.25) is 0 Å². The van der Waals surface area contributed by atoms with Gasteiger partial charge in [0, 0.05) is 11.4 Å². The Kier molecular flexibility index (Phi) is 4.89. The zero-order chi connectivity index (χ0) is 15.1. The summed E-state index contributed by atoms with van der Waals surface area (Å²) in [6.07, 6.45) is 0. The maximum Gasteiger partial charge on any atom is 0.326 e. The third-order valence-corrected chi connectivity index (χ3v) is 2.76. The van der Waals surface area contributed by atoms with Crippen molar-refractivity contribution in [2.75, 3.05) is 16.8 Å². The minimum atomic E-state index is -0.679. The number of benzene rings is 2. The first kappa shape index (κ1) is 14.5.